The van der Waals surface area contributed by atoms with Gasteiger partial charge in [-0.2, -0.15) is 4.31 Å². The highest BCUT2D eigenvalue weighted by atomic mass is 32.2. The number of hydrogen-bond donors (Lipinski definition) is 3. The number of aliphatic hydroxyl groups excluding tert-OH is 2. The molecule has 1 aliphatic heterocycles. The standard InChI is InChI=1S/C32H40F2N2O6S/c1-20(2)30-32(43(41,42)35-15-12-21(3)13-16-35)29(22-4-8-24(33)9-5-22)31(23-6-10-25(34)11-7-23)36(30)17-14-26(37)18-27(38)19-28(39)40/h4-11,20-21,26-27,37-38H,12-19H2,1-3H3,(H,39,40). The number of halogens is 2. The second kappa shape index (κ2) is 13.7. The van der Waals surface area contributed by atoms with Crippen molar-refractivity contribution in [3.8, 4) is 22.4 Å². The summed E-state index contributed by atoms with van der Waals surface area (Å²) < 4.78 is 60.6. The van der Waals surface area contributed by atoms with E-state index < -0.39 is 46.3 Å². The Morgan fingerprint density at radius 3 is 1.98 bits per heavy atom. The van der Waals surface area contributed by atoms with Gasteiger partial charge in [0.05, 0.1) is 24.3 Å². The second-order valence-electron chi connectivity index (χ2n) is 11.8. The topological polar surface area (TPSA) is 120 Å². The van der Waals surface area contributed by atoms with E-state index >= 15 is 0 Å². The van der Waals surface area contributed by atoms with E-state index in [1.54, 1.807) is 12.1 Å². The molecule has 2 heterocycles. The summed E-state index contributed by atoms with van der Waals surface area (Å²) in [6.45, 7) is 6.69. The van der Waals surface area contributed by atoms with Crippen LogP contribution in [0.25, 0.3) is 22.4 Å². The number of aliphatic hydroxyl groups is 2. The lowest BCUT2D eigenvalue weighted by Crippen LogP contribution is -2.38. The maximum Gasteiger partial charge on any atom is 0.305 e. The number of carboxylic acids is 1. The molecule has 3 aromatic rings. The summed E-state index contributed by atoms with van der Waals surface area (Å²) in [7, 11) is -4.06. The zero-order valence-corrected chi connectivity index (χ0v) is 25.5. The molecule has 0 radical (unpaired) electrons. The molecule has 0 spiro atoms. The molecule has 1 aromatic heterocycles. The van der Waals surface area contributed by atoms with Crippen molar-refractivity contribution in [2.24, 2.45) is 5.92 Å². The van der Waals surface area contributed by atoms with Gasteiger partial charge in [0.25, 0.3) is 0 Å². The van der Waals surface area contributed by atoms with Gasteiger partial charge in [-0.25, -0.2) is 17.2 Å². The van der Waals surface area contributed by atoms with Crippen molar-refractivity contribution >= 4 is 16.0 Å². The van der Waals surface area contributed by atoms with Crippen LogP contribution in [0.5, 0.6) is 0 Å². The van der Waals surface area contributed by atoms with Gasteiger partial charge in [-0.05, 0) is 85.0 Å². The van der Waals surface area contributed by atoms with Crippen LogP contribution < -0.4 is 0 Å². The third-order valence-electron chi connectivity index (χ3n) is 8.04. The number of sulfonamides is 1. The number of benzene rings is 2. The first-order valence-electron chi connectivity index (χ1n) is 14.7. The van der Waals surface area contributed by atoms with Crippen LogP contribution in [0.1, 0.15) is 64.5 Å². The van der Waals surface area contributed by atoms with Crippen molar-refractivity contribution in [3.63, 3.8) is 0 Å². The average Bonchev–Trinajstić information content (AvgIpc) is 3.29. The predicted octanol–water partition coefficient (Wildman–Crippen LogP) is 5.62. The van der Waals surface area contributed by atoms with Crippen LogP contribution in [0.15, 0.2) is 53.4 Å². The Hall–Kier alpha value is -3.12. The van der Waals surface area contributed by atoms with E-state index in [-0.39, 0.29) is 30.2 Å². The van der Waals surface area contributed by atoms with E-state index in [2.05, 4.69) is 6.92 Å². The highest BCUT2D eigenvalue weighted by Crippen LogP contribution is 2.46. The number of carbonyl (C=O) groups is 1. The van der Waals surface area contributed by atoms with E-state index in [1.807, 2.05) is 18.4 Å². The Kier molecular flexibility index (Phi) is 10.4. The molecule has 0 saturated carbocycles. The number of aromatic nitrogens is 1. The Labute approximate surface area is 251 Å². The molecule has 0 bridgehead atoms. The van der Waals surface area contributed by atoms with Gasteiger partial charge in [0.15, 0.2) is 0 Å². The quantitative estimate of drug-likeness (QED) is 0.242. The van der Waals surface area contributed by atoms with Crippen molar-refractivity contribution in [1.29, 1.82) is 0 Å². The number of aliphatic carboxylic acids is 1. The van der Waals surface area contributed by atoms with Crippen molar-refractivity contribution in [1.82, 2.24) is 8.87 Å². The Bertz CT molecular complexity index is 1510. The summed E-state index contributed by atoms with van der Waals surface area (Å²) in [6.07, 6.45) is -1.47. The number of rotatable bonds is 12. The first-order valence-corrected chi connectivity index (χ1v) is 16.1. The summed E-state index contributed by atoms with van der Waals surface area (Å²) in [5.41, 5.74) is 2.36. The molecule has 234 valence electrons. The molecule has 4 rings (SSSR count). The smallest absolute Gasteiger partial charge is 0.305 e. The highest BCUT2D eigenvalue weighted by molar-refractivity contribution is 7.89. The molecule has 0 aliphatic carbocycles. The van der Waals surface area contributed by atoms with Gasteiger partial charge in [-0.1, -0.05) is 32.9 Å². The van der Waals surface area contributed by atoms with Crippen molar-refractivity contribution in [3.05, 3.63) is 65.9 Å². The van der Waals surface area contributed by atoms with Gasteiger partial charge >= 0.3 is 5.97 Å². The number of piperidine rings is 1. The Balaban J connectivity index is 1.96. The monoisotopic (exact) mass is 618 g/mol. The molecule has 1 fully saturated rings. The van der Waals surface area contributed by atoms with Gasteiger partial charge in [0, 0.05) is 30.9 Å². The molecule has 2 unspecified atom stereocenters. The highest BCUT2D eigenvalue weighted by Gasteiger charge is 2.38. The summed E-state index contributed by atoms with van der Waals surface area (Å²) in [6, 6.07) is 11.3. The molecule has 11 heteroatoms. The third kappa shape index (κ3) is 7.52. The van der Waals surface area contributed by atoms with Gasteiger partial charge < -0.3 is 19.9 Å². The predicted molar refractivity (Wildman–Crippen MR) is 160 cm³/mol. The molecule has 8 nitrogen and oxygen atoms in total. The molecule has 2 atom stereocenters. The molecular weight excluding hydrogens is 578 g/mol. The molecule has 43 heavy (non-hydrogen) atoms. The van der Waals surface area contributed by atoms with Crippen LogP contribution >= 0.6 is 0 Å². The number of hydrogen-bond acceptors (Lipinski definition) is 5. The lowest BCUT2D eigenvalue weighted by molar-refractivity contribution is -0.139. The second-order valence-corrected chi connectivity index (χ2v) is 13.6. The van der Waals surface area contributed by atoms with Crippen LogP contribution in [0.4, 0.5) is 8.78 Å². The van der Waals surface area contributed by atoms with Crippen LogP contribution in [0, 0.1) is 17.6 Å². The summed E-state index contributed by atoms with van der Waals surface area (Å²) >= 11 is 0. The fraction of sp³-hybridized carbons (Fsp3) is 0.469. The Morgan fingerprint density at radius 2 is 1.47 bits per heavy atom. The lowest BCUT2D eigenvalue weighted by atomic mass is 10.00. The van der Waals surface area contributed by atoms with Crippen LogP contribution in [-0.4, -0.2) is 63.9 Å². The first kappa shape index (κ1) is 32.8. The van der Waals surface area contributed by atoms with E-state index in [9.17, 15) is 32.2 Å². The summed E-state index contributed by atoms with van der Waals surface area (Å²) in [5, 5.41) is 29.8. The largest absolute Gasteiger partial charge is 0.481 e. The zero-order chi connectivity index (χ0) is 31.5. The van der Waals surface area contributed by atoms with Gasteiger partial charge in [0.2, 0.25) is 10.0 Å². The normalized spacial score (nSPS) is 16.5. The maximum absolute atomic E-state index is 14.6. The first-order chi connectivity index (χ1) is 20.3. The van der Waals surface area contributed by atoms with Crippen LogP contribution in [-0.2, 0) is 21.4 Å². The van der Waals surface area contributed by atoms with Crippen LogP contribution in [0.3, 0.4) is 0 Å². The van der Waals surface area contributed by atoms with E-state index in [0.29, 0.717) is 47.1 Å². The van der Waals surface area contributed by atoms with Crippen molar-refractivity contribution in [2.75, 3.05) is 13.1 Å². The molecule has 2 aromatic carbocycles. The summed E-state index contributed by atoms with van der Waals surface area (Å²) in [4.78, 5) is 11.1. The Morgan fingerprint density at radius 1 is 0.930 bits per heavy atom. The van der Waals surface area contributed by atoms with E-state index in [4.69, 9.17) is 5.11 Å². The minimum Gasteiger partial charge on any atom is -0.481 e. The van der Waals surface area contributed by atoms with Gasteiger partial charge in [-0.3, -0.25) is 4.79 Å². The third-order valence-corrected chi connectivity index (χ3v) is 10.0. The SMILES string of the molecule is CC1CCN(S(=O)(=O)c2c(-c3ccc(F)cc3)c(-c3ccc(F)cc3)n(CCC(O)CC(O)CC(=O)O)c2C(C)C)CC1. The molecule has 0 amide bonds. The molecular formula is C32H40F2N2O6S. The molecule has 3 N–H and O–H groups in total. The van der Waals surface area contributed by atoms with E-state index in [1.165, 1.54) is 40.7 Å². The molecule has 1 aliphatic rings. The average molecular weight is 619 g/mol. The maximum atomic E-state index is 14.6. The number of nitrogens with zero attached hydrogens (tertiary/aromatic N) is 2. The minimum atomic E-state index is -4.06. The van der Waals surface area contributed by atoms with Gasteiger partial charge in [0.1, 0.15) is 16.5 Å². The number of carboxylic acid groups (broad SMARTS) is 1. The van der Waals surface area contributed by atoms with Gasteiger partial charge in [-0.15, -0.1) is 0 Å². The fourth-order valence-electron chi connectivity index (χ4n) is 5.82. The summed E-state index contributed by atoms with van der Waals surface area (Å²) in [5.74, 6) is -2.04. The lowest BCUT2D eigenvalue weighted by Gasteiger charge is -2.30. The van der Waals surface area contributed by atoms with Crippen molar-refractivity contribution < 1.29 is 37.3 Å². The van der Waals surface area contributed by atoms with Crippen molar-refractivity contribution in [2.45, 2.75) is 82.4 Å². The molecule has 1 saturated heterocycles. The van der Waals surface area contributed by atoms with E-state index in [0.717, 1.165) is 12.8 Å². The van der Waals surface area contributed by atoms with Crippen LogP contribution in [0.2, 0.25) is 0 Å². The minimum absolute atomic E-state index is 0.0862. The zero-order valence-electron chi connectivity index (χ0n) is 24.7. The fourth-order valence-corrected chi connectivity index (χ4v) is 7.85.